The van der Waals surface area contributed by atoms with Gasteiger partial charge in [-0.25, -0.2) is 0 Å². The Morgan fingerprint density at radius 3 is 2.34 bits per heavy atom. The van der Waals surface area contributed by atoms with Gasteiger partial charge in [-0.1, -0.05) is 39.1 Å². The molecule has 2 aromatic carbocycles. The first-order valence-electron chi connectivity index (χ1n) is 8.10. The number of hydrazine groups is 1. The van der Waals surface area contributed by atoms with Crippen molar-refractivity contribution in [2.75, 3.05) is 13.2 Å². The summed E-state index contributed by atoms with van der Waals surface area (Å²) in [5.74, 6) is -0.131. The number of rotatable bonds is 6. The first kappa shape index (κ1) is 23.2. The second-order valence-electron chi connectivity index (χ2n) is 5.61. The van der Waals surface area contributed by atoms with Gasteiger partial charge in [-0.15, -0.1) is 0 Å². The molecule has 0 bridgehead atoms. The fourth-order valence-corrected chi connectivity index (χ4v) is 3.11. The number of benzene rings is 2. The molecule has 29 heavy (non-hydrogen) atoms. The molecule has 0 atom stereocenters. The molecule has 0 aliphatic carbocycles. The van der Waals surface area contributed by atoms with Crippen molar-refractivity contribution < 1.29 is 19.1 Å². The Kier molecular flexibility index (Phi) is 8.97. The minimum atomic E-state index is -0.533. The predicted octanol–water partition coefficient (Wildman–Crippen LogP) is 3.54. The van der Waals surface area contributed by atoms with Gasteiger partial charge < -0.3 is 9.47 Å². The Morgan fingerprint density at radius 2 is 1.66 bits per heavy atom. The van der Waals surface area contributed by atoms with Crippen LogP contribution in [0.25, 0.3) is 0 Å². The molecule has 0 aliphatic heterocycles. The Labute approximate surface area is 191 Å². The summed E-state index contributed by atoms with van der Waals surface area (Å²) in [7, 11) is 0. The van der Waals surface area contributed by atoms with Crippen molar-refractivity contribution in [3.63, 3.8) is 0 Å². The van der Waals surface area contributed by atoms with Crippen molar-refractivity contribution >= 4 is 68.3 Å². The Balaban J connectivity index is 1.68. The van der Waals surface area contributed by atoms with Crippen LogP contribution >= 0.6 is 51.3 Å². The van der Waals surface area contributed by atoms with E-state index in [9.17, 15) is 9.59 Å². The number of halogens is 3. The van der Waals surface area contributed by atoms with E-state index in [-0.39, 0.29) is 23.3 Å². The van der Waals surface area contributed by atoms with Crippen molar-refractivity contribution in [3.8, 4) is 11.5 Å². The minimum Gasteiger partial charge on any atom is -0.483 e. The Hall–Kier alpha value is -2.07. The van der Waals surface area contributed by atoms with Gasteiger partial charge in [0.15, 0.2) is 18.3 Å². The standard InChI is InChI=1S/C18H16BrCl2N3O4S/c1-10-6-11(19)2-4-14(10)27-8-16(25)22-18(29)24-23-17(26)9-28-15-5-3-12(20)7-13(15)21/h2-7H,8-9H2,1H3,(H,23,26)(H2,22,24,25,29). The van der Waals surface area contributed by atoms with E-state index in [1.807, 2.05) is 13.0 Å². The number of amides is 2. The molecule has 0 saturated heterocycles. The summed E-state index contributed by atoms with van der Waals surface area (Å²) in [5, 5.41) is 3.02. The zero-order valence-corrected chi connectivity index (χ0v) is 19.0. The maximum absolute atomic E-state index is 11.9. The van der Waals surface area contributed by atoms with Crippen LogP contribution in [0, 0.1) is 6.92 Å². The molecule has 0 unspecified atom stereocenters. The molecular formula is C18H16BrCl2N3O4S. The second kappa shape index (κ2) is 11.2. The third kappa shape index (κ3) is 8.06. The molecule has 0 radical (unpaired) electrons. The van der Waals surface area contributed by atoms with Gasteiger partial charge in [-0.3, -0.25) is 25.8 Å². The number of carbonyl (C=O) groups excluding carboxylic acids is 2. The molecule has 0 saturated carbocycles. The first-order chi connectivity index (χ1) is 13.7. The van der Waals surface area contributed by atoms with Gasteiger partial charge in [-0.05, 0) is 61.1 Å². The molecule has 0 heterocycles. The molecule has 3 N–H and O–H groups in total. The highest BCUT2D eigenvalue weighted by atomic mass is 79.9. The van der Waals surface area contributed by atoms with Crippen molar-refractivity contribution in [3.05, 3.63) is 56.5 Å². The van der Waals surface area contributed by atoms with E-state index in [0.717, 1.165) is 10.0 Å². The number of carbonyl (C=O) groups is 2. The Bertz CT molecular complexity index is 930. The van der Waals surface area contributed by atoms with Gasteiger partial charge in [-0.2, -0.15) is 0 Å². The van der Waals surface area contributed by atoms with Gasteiger partial charge in [0.05, 0.1) is 5.02 Å². The first-order valence-corrected chi connectivity index (χ1v) is 10.1. The smallest absolute Gasteiger partial charge is 0.276 e. The van der Waals surface area contributed by atoms with Gasteiger partial charge in [0.1, 0.15) is 11.5 Å². The quantitative estimate of drug-likeness (QED) is 0.399. The van der Waals surface area contributed by atoms with Crippen LogP contribution in [-0.4, -0.2) is 30.1 Å². The third-order valence-corrected chi connectivity index (χ3v) is 4.54. The molecule has 7 nitrogen and oxygen atoms in total. The molecule has 2 rings (SSSR count). The van der Waals surface area contributed by atoms with Gasteiger partial charge in [0.2, 0.25) is 0 Å². The molecule has 2 amide bonds. The lowest BCUT2D eigenvalue weighted by atomic mass is 10.2. The van der Waals surface area contributed by atoms with Crippen LogP contribution in [-0.2, 0) is 9.59 Å². The molecule has 2 aromatic rings. The van der Waals surface area contributed by atoms with Crippen LogP contribution in [0.2, 0.25) is 10.0 Å². The van der Waals surface area contributed by atoms with Gasteiger partial charge in [0.25, 0.3) is 11.8 Å². The summed E-state index contributed by atoms with van der Waals surface area (Å²) >= 11 is 20.0. The minimum absolute atomic E-state index is 0.0935. The van der Waals surface area contributed by atoms with Crippen LogP contribution in [0.5, 0.6) is 11.5 Å². The molecular weight excluding hydrogens is 505 g/mol. The summed E-state index contributed by atoms with van der Waals surface area (Å²) in [4.78, 5) is 23.7. The van der Waals surface area contributed by atoms with E-state index in [4.69, 9.17) is 44.9 Å². The molecule has 154 valence electrons. The normalized spacial score (nSPS) is 10.1. The summed E-state index contributed by atoms with van der Waals surface area (Å²) < 4.78 is 11.6. The fraction of sp³-hybridized carbons (Fsp3) is 0.167. The van der Waals surface area contributed by atoms with Crippen molar-refractivity contribution in [2.24, 2.45) is 0 Å². The lowest BCUT2D eigenvalue weighted by molar-refractivity contribution is -0.124. The van der Waals surface area contributed by atoms with E-state index in [1.54, 1.807) is 24.3 Å². The average Bonchev–Trinajstić information content (AvgIpc) is 2.65. The largest absolute Gasteiger partial charge is 0.483 e. The van der Waals surface area contributed by atoms with Crippen molar-refractivity contribution in [1.82, 2.24) is 16.2 Å². The molecule has 0 aromatic heterocycles. The third-order valence-electron chi connectivity index (χ3n) is 3.32. The highest BCUT2D eigenvalue weighted by molar-refractivity contribution is 9.10. The number of nitrogens with one attached hydrogen (secondary N) is 3. The number of ether oxygens (including phenoxy) is 2. The van der Waals surface area contributed by atoms with Gasteiger partial charge in [0, 0.05) is 9.50 Å². The molecule has 0 fully saturated rings. The topological polar surface area (TPSA) is 88.7 Å². The summed E-state index contributed by atoms with van der Waals surface area (Å²) in [6.07, 6.45) is 0. The number of hydrogen-bond acceptors (Lipinski definition) is 5. The molecule has 11 heteroatoms. The van der Waals surface area contributed by atoms with Crippen LogP contribution in [0.3, 0.4) is 0 Å². The van der Waals surface area contributed by atoms with Gasteiger partial charge >= 0.3 is 0 Å². The highest BCUT2D eigenvalue weighted by Gasteiger charge is 2.10. The van der Waals surface area contributed by atoms with E-state index in [1.165, 1.54) is 6.07 Å². The SMILES string of the molecule is Cc1cc(Br)ccc1OCC(=O)NC(=S)NNC(=O)COc1ccc(Cl)cc1Cl. The second-order valence-corrected chi connectivity index (χ2v) is 7.78. The molecule has 0 aliphatic rings. The average molecular weight is 521 g/mol. The maximum atomic E-state index is 11.9. The van der Waals surface area contributed by atoms with E-state index in [2.05, 4.69) is 32.1 Å². The van der Waals surface area contributed by atoms with E-state index >= 15 is 0 Å². The molecule has 0 spiro atoms. The summed E-state index contributed by atoms with van der Waals surface area (Å²) in [5.41, 5.74) is 5.56. The zero-order chi connectivity index (χ0) is 21.4. The monoisotopic (exact) mass is 519 g/mol. The lowest BCUT2D eigenvalue weighted by Gasteiger charge is -2.13. The number of thiocarbonyl (C=S) groups is 1. The number of hydrogen-bond donors (Lipinski definition) is 3. The predicted molar refractivity (Wildman–Crippen MR) is 118 cm³/mol. The summed E-state index contributed by atoms with van der Waals surface area (Å²) in [6.45, 7) is 1.30. The summed E-state index contributed by atoms with van der Waals surface area (Å²) in [6, 6.07) is 10.0. The van der Waals surface area contributed by atoms with Crippen LogP contribution in [0.15, 0.2) is 40.9 Å². The number of aryl methyl sites for hydroxylation is 1. The zero-order valence-electron chi connectivity index (χ0n) is 15.1. The highest BCUT2D eigenvalue weighted by Crippen LogP contribution is 2.27. The maximum Gasteiger partial charge on any atom is 0.276 e. The lowest BCUT2D eigenvalue weighted by Crippen LogP contribution is -2.50. The van der Waals surface area contributed by atoms with Crippen LogP contribution < -0.4 is 25.6 Å². The van der Waals surface area contributed by atoms with Crippen LogP contribution in [0.4, 0.5) is 0 Å². The van der Waals surface area contributed by atoms with Crippen molar-refractivity contribution in [2.45, 2.75) is 6.92 Å². The van der Waals surface area contributed by atoms with Crippen LogP contribution in [0.1, 0.15) is 5.56 Å². The Morgan fingerprint density at radius 1 is 1.00 bits per heavy atom. The van der Waals surface area contributed by atoms with E-state index < -0.39 is 11.8 Å². The fourth-order valence-electron chi connectivity index (χ4n) is 2.01. The van der Waals surface area contributed by atoms with Crippen molar-refractivity contribution in [1.29, 1.82) is 0 Å². The van der Waals surface area contributed by atoms with E-state index in [0.29, 0.717) is 16.5 Å².